The van der Waals surface area contributed by atoms with Crippen LogP contribution in [0.25, 0.3) is 0 Å². The third kappa shape index (κ3) is 2.15. The van der Waals surface area contributed by atoms with Crippen LogP contribution in [0.5, 0.6) is 0 Å². The molecule has 2 atom stereocenters. The number of carbonyl (C=O) groups excluding carboxylic acids is 1. The summed E-state index contributed by atoms with van der Waals surface area (Å²) in [5, 5.41) is 9.81. The summed E-state index contributed by atoms with van der Waals surface area (Å²) in [7, 11) is 1.50. The molecule has 0 aromatic heterocycles. The van der Waals surface area contributed by atoms with Crippen molar-refractivity contribution in [2.24, 2.45) is 0 Å². The van der Waals surface area contributed by atoms with Crippen molar-refractivity contribution in [2.45, 2.75) is 44.8 Å². The van der Waals surface area contributed by atoms with E-state index < -0.39 is 12.2 Å². The van der Waals surface area contributed by atoms with E-state index in [1.54, 1.807) is 0 Å². The molecule has 1 aliphatic carbocycles. The SMILES string of the molecule is CCCC=C1OC(=O)C2=C1CCC(O)C2OC. The highest BCUT2D eigenvalue weighted by molar-refractivity contribution is 5.96. The number of rotatable bonds is 3. The molecule has 2 rings (SSSR count). The Bertz CT molecular complexity index is 381. The Kier molecular flexibility index (Phi) is 3.64. The monoisotopic (exact) mass is 238 g/mol. The Morgan fingerprint density at radius 3 is 3.00 bits per heavy atom. The molecule has 94 valence electrons. The highest BCUT2D eigenvalue weighted by Gasteiger charge is 2.41. The lowest BCUT2D eigenvalue weighted by Crippen LogP contribution is -2.35. The van der Waals surface area contributed by atoms with Crippen molar-refractivity contribution >= 4 is 5.97 Å². The number of ether oxygens (including phenoxy) is 2. The van der Waals surface area contributed by atoms with Crippen molar-refractivity contribution < 1.29 is 19.4 Å². The molecule has 0 saturated carbocycles. The van der Waals surface area contributed by atoms with Gasteiger partial charge in [-0.05, 0) is 25.3 Å². The number of aliphatic hydroxyl groups excluding tert-OH is 1. The number of methoxy groups -OCH3 is 1. The van der Waals surface area contributed by atoms with Crippen LogP contribution in [-0.4, -0.2) is 30.4 Å². The van der Waals surface area contributed by atoms with Crippen LogP contribution in [0.2, 0.25) is 0 Å². The van der Waals surface area contributed by atoms with Gasteiger partial charge in [-0.1, -0.05) is 13.3 Å². The molecule has 0 saturated heterocycles. The molecule has 4 nitrogen and oxygen atoms in total. The van der Waals surface area contributed by atoms with Crippen molar-refractivity contribution in [3.63, 3.8) is 0 Å². The first-order chi connectivity index (χ1) is 8.19. The fourth-order valence-corrected chi connectivity index (χ4v) is 2.37. The minimum absolute atomic E-state index is 0.368. The lowest BCUT2D eigenvalue weighted by molar-refractivity contribution is -0.135. The van der Waals surface area contributed by atoms with Crippen LogP contribution in [-0.2, 0) is 14.3 Å². The number of aliphatic hydroxyl groups is 1. The normalized spacial score (nSPS) is 30.8. The highest BCUT2D eigenvalue weighted by atomic mass is 16.5. The van der Waals surface area contributed by atoms with Crippen molar-refractivity contribution in [2.75, 3.05) is 7.11 Å². The molecule has 1 heterocycles. The van der Waals surface area contributed by atoms with Gasteiger partial charge in [-0.15, -0.1) is 0 Å². The summed E-state index contributed by atoms with van der Waals surface area (Å²) in [6.45, 7) is 2.08. The summed E-state index contributed by atoms with van der Waals surface area (Å²) in [6, 6.07) is 0. The van der Waals surface area contributed by atoms with Gasteiger partial charge in [-0.25, -0.2) is 4.79 Å². The maximum Gasteiger partial charge on any atom is 0.342 e. The first-order valence-electron chi connectivity index (χ1n) is 6.05. The summed E-state index contributed by atoms with van der Waals surface area (Å²) in [5.41, 5.74) is 1.43. The molecule has 0 amide bonds. The summed E-state index contributed by atoms with van der Waals surface area (Å²) in [5.74, 6) is 0.300. The molecule has 4 heteroatoms. The summed E-state index contributed by atoms with van der Waals surface area (Å²) < 4.78 is 10.5. The molecule has 17 heavy (non-hydrogen) atoms. The van der Waals surface area contributed by atoms with Crippen molar-refractivity contribution in [3.8, 4) is 0 Å². The second-order valence-electron chi connectivity index (χ2n) is 4.40. The second-order valence-corrected chi connectivity index (χ2v) is 4.40. The van der Waals surface area contributed by atoms with E-state index in [-0.39, 0.29) is 5.97 Å². The van der Waals surface area contributed by atoms with E-state index in [0.29, 0.717) is 24.2 Å². The predicted octanol–water partition coefficient (Wildman–Crippen LogP) is 1.69. The van der Waals surface area contributed by atoms with Gasteiger partial charge in [0.05, 0.1) is 11.7 Å². The topological polar surface area (TPSA) is 55.8 Å². The molecule has 1 N–H and O–H groups in total. The highest BCUT2D eigenvalue weighted by Crippen LogP contribution is 2.38. The number of unbranched alkanes of at least 4 members (excludes halogenated alkanes) is 1. The zero-order chi connectivity index (χ0) is 12.4. The van der Waals surface area contributed by atoms with Crippen LogP contribution in [0.1, 0.15) is 32.6 Å². The number of hydrogen-bond donors (Lipinski definition) is 1. The Balaban J connectivity index is 2.33. The summed E-state index contributed by atoms with van der Waals surface area (Å²) in [4.78, 5) is 11.8. The minimum atomic E-state index is -0.614. The smallest absolute Gasteiger partial charge is 0.342 e. The van der Waals surface area contributed by atoms with E-state index in [2.05, 4.69) is 6.92 Å². The average Bonchev–Trinajstić information content (AvgIpc) is 2.64. The first-order valence-corrected chi connectivity index (χ1v) is 6.05. The van der Waals surface area contributed by atoms with Gasteiger partial charge < -0.3 is 14.6 Å². The van der Waals surface area contributed by atoms with Crippen LogP contribution < -0.4 is 0 Å². The number of esters is 1. The third-order valence-electron chi connectivity index (χ3n) is 3.24. The van der Waals surface area contributed by atoms with Crippen molar-refractivity contribution in [3.05, 3.63) is 23.0 Å². The summed E-state index contributed by atoms with van der Waals surface area (Å²) in [6.07, 6.45) is 3.98. The Morgan fingerprint density at radius 1 is 1.59 bits per heavy atom. The summed E-state index contributed by atoms with van der Waals surface area (Å²) >= 11 is 0. The molecule has 0 radical (unpaired) electrons. The van der Waals surface area contributed by atoms with E-state index >= 15 is 0 Å². The first kappa shape index (κ1) is 12.3. The second kappa shape index (κ2) is 5.02. The minimum Gasteiger partial charge on any atom is -0.423 e. The molecule has 2 unspecified atom stereocenters. The van der Waals surface area contributed by atoms with Gasteiger partial charge in [0.15, 0.2) is 0 Å². The lowest BCUT2D eigenvalue weighted by Gasteiger charge is -2.26. The fraction of sp³-hybridized carbons (Fsp3) is 0.615. The van der Waals surface area contributed by atoms with E-state index in [1.807, 2.05) is 6.08 Å². The average molecular weight is 238 g/mol. The van der Waals surface area contributed by atoms with Gasteiger partial charge in [0.25, 0.3) is 0 Å². The van der Waals surface area contributed by atoms with Gasteiger partial charge >= 0.3 is 5.97 Å². The van der Waals surface area contributed by atoms with Crippen molar-refractivity contribution in [1.82, 2.24) is 0 Å². The number of carbonyl (C=O) groups is 1. The third-order valence-corrected chi connectivity index (χ3v) is 3.24. The van der Waals surface area contributed by atoms with E-state index in [1.165, 1.54) is 7.11 Å². The maximum atomic E-state index is 11.8. The fourth-order valence-electron chi connectivity index (χ4n) is 2.37. The predicted molar refractivity (Wildman–Crippen MR) is 62.1 cm³/mol. The number of hydrogen-bond acceptors (Lipinski definition) is 4. The molecular formula is C13H18O4. The lowest BCUT2D eigenvalue weighted by atomic mass is 9.87. The molecular weight excluding hydrogens is 220 g/mol. The Hall–Kier alpha value is -1.13. The molecule has 2 aliphatic rings. The zero-order valence-electron chi connectivity index (χ0n) is 10.2. The zero-order valence-corrected chi connectivity index (χ0v) is 10.2. The Morgan fingerprint density at radius 2 is 2.35 bits per heavy atom. The molecule has 0 aromatic carbocycles. The largest absolute Gasteiger partial charge is 0.423 e. The molecule has 0 bridgehead atoms. The number of allylic oxidation sites excluding steroid dienone is 2. The van der Waals surface area contributed by atoms with Gasteiger partial charge in [-0.3, -0.25) is 0 Å². The standard InChI is InChI=1S/C13H18O4/c1-3-4-5-10-8-6-7-9(14)12(16-2)11(8)13(15)17-10/h5,9,12,14H,3-4,6-7H2,1-2H3. The van der Waals surface area contributed by atoms with E-state index in [9.17, 15) is 9.90 Å². The van der Waals surface area contributed by atoms with Crippen LogP contribution in [0.3, 0.4) is 0 Å². The van der Waals surface area contributed by atoms with Crippen LogP contribution in [0.4, 0.5) is 0 Å². The van der Waals surface area contributed by atoms with E-state index in [4.69, 9.17) is 9.47 Å². The van der Waals surface area contributed by atoms with Gasteiger partial charge in [-0.2, -0.15) is 0 Å². The molecule has 1 aliphatic heterocycles. The quantitative estimate of drug-likeness (QED) is 0.760. The molecule has 0 spiro atoms. The van der Waals surface area contributed by atoms with Crippen molar-refractivity contribution in [1.29, 1.82) is 0 Å². The van der Waals surface area contributed by atoms with Gasteiger partial charge in [0, 0.05) is 12.7 Å². The van der Waals surface area contributed by atoms with Gasteiger partial charge in [0.2, 0.25) is 0 Å². The van der Waals surface area contributed by atoms with Crippen LogP contribution in [0.15, 0.2) is 23.0 Å². The maximum absolute atomic E-state index is 11.8. The van der Waals surface area contributed by atoms with E-state index in [0.717, 1.165) is 18.4 Å². The van der Waals surface area contributed by atoms with Crippen LogP contribution >= 0.6 is 0 Å². The molecule has 0 fully saturated rings. The number of cyclic esters (lactones) is 1. The molecule has 0 aromatic rings. The Labute approximate surface area is 101 Å². The van der Waals surface area contributed by atoms with Gasteiger partial charge in [0.1, 0.15) is 11.9 Å². The van der Waals surface area contributed by atoms with Crippen LogP contribution in [0, 0.1) is 0 Å².